The van der Waals surface area contributed by atoms with Crippen LogP contribution in [0.25, 0.3) is 0 Å². The van der Waals surface area contributed by atoms with E-state index in [2.05, 4.69) is 11.4 Å². The molecule has 1 heterocycles. The summed E-state index contributed by atoms with van der Waals surface area (Å²) in [6, 6.07) is 7.86. The molecule has 1 amide bonds. The molecule has 1 aromatic carbocycles. The van der Waals surface area contributed by atoms with Crippen molar-refractivity contribution in [3.63, 3.8) is 0 Å². The first-order chi connectivity index (χ1) is 6.70. The molecule has 1 aromatic rings. The van der Waals surface area contributed by atoms with Crippen LogP contribution >= 0.6 is 0 Å². The van der Waals surface area contributed by atoms with Gasteiger partial charge in [0.2, 0.25) is 5.91 Å². The van der Waals surface area contributed by atoms with Gasteiger partial charge in [-0.1, -0.05) is 12.1 Å². The maximum absolute atomic E-state index is 11.1. The van der Waals surface area contributed by atoms with E-state index in [-0.39, 0.29) is 11.8 Å². The Morgan fingerprint density at radius 3 is 3.07 bits per heavy atom. The molecule has 0 saturated carbocycles. The predicted octanol–water partition coefficient (Wildman–Crippen LogP) is 1.81. The van der Waals surface area contributed by atoms with Gasteiger partial charge in [-0.25, -0.2) is 0 Å². The summed E-state index contributed by atoms with van der Waals surface area (Å²) in [7, 11) is 0. The lowest BCUT2D eigenvalue weighted by molar-refractivity contribution is -0.115. The summed E-state index contributed by atoms with van der Waals surface area (Å²) < 4.78 is 0. The Hall–Kier alpha value is -1.82. The fourth-order valence-corrected chi connectivity index (χ4v) is 1.59. The zero-order chi connectivity index (χ0) is 10.1. The fraction of sp³-hybridized carbons (Fsp3) is 0.273. The van der Waals surface area contributed by atoms with Crippen LogP contribution in [0.4, 0.5) is 5.69 Å². The lowest BCUT2D eigenvalue weighted by atomic mass is 9.99. The second-order valence-corrected chi connectivity index (χ2v) is 3.49. The second kappa shape index (κ2) is 3.15. The summed E-state index contributed by atoms with van der Waals surface area (Å²) in [4.78, 5) is 11.1. The molecular formula is C11H10N2O. The number of amides is 1. The highest BCUT2D eigenvalue weighted by molar-refractivity contribution is 5.99. The average Bonchev–Trinajstić information content (AvgIpc) is 2.55. The standard InChI is InChI=1S/C11H10N2O/c1-7(6-12)8-2-3-10-9(4-8)5-11(14)13-10/h2-4,7H,5H2,1H3,(H,13,14). The van der Waals surface area contributed by atoms with Crippen molar-refractivity contribution >= 4 is 11.6 Å². The van der Waals surface area contributed by atoms with Crippen LogP contribution in [0.5, 0.6) is 0 Å². The smallest absolute Gasteiger partial charge is 0.228 e. The highest BCUT2D eigenvalue weighted by Crippen LogP contribution is 2.26. The van der Waals surface area contributed by atoms with E-state index >= 15 is 0 Å². The Morgan fingerprint density at radius 1 is 1.57 bits per heavy atom. The number of nitrogens with one attached hydrogen (secondary N) is 1. The molecule has 0 fully saturated rings. The van der Waals surface area contributed by atoms with E-state index in [1.165, 1.54) is 0 Å². The van der Waals surface area contributed by atoms with E-state index in [4.69, 9.17) is 5.26 Å². The van der Waals surface area contributed by atoms with Gasteiger partial charge in [-0.15, -0.1) is 0 Å². The summed E-state index contributed by atoms with van der Waals surface area (Å²) in [6.45, 7) is 1.85. The zero-order valence-electron chi connectivity index (χ0n) is 7.87. The number of fused-ring (bicyclic) bond motifs is 1. The Morgan fingerprint density at radius 2 is 2.36 bits per heavy atom. The van der Waals surface area contributed by atoms with Crippen LogP contribution in [0.15, 0.2) is 18.2 Å². The van der Waals surface area contributed by atoms with Crippen molar-refractivity contribution in [2.75, 3.05) is 5.32 Å². The van der Waals surface area contributed by atoms with Crippen LogP contribution < -0.4 is 5.32 Å². The van der Waals surface area contributed by atoms with Crippen LogP contribution in [-0.2, 0) is 11.2 Å². The van der Waals surface area contributed by atoms with Crippen molar-refractivity contribution in [3.8, 4) is 6.07 Å². The van der Waals surface area contributed by atoms with E-state index in [1.54, 1.807) is 0 Å². The number of carbonyl (C=O) groups excluding carboxylic acids is 1. The van der Waals surface area contributed by atoms with Gasteiger partial charge in [0.15, 0.2) is 0 Å². The maximum atomic E-state index is 11.1. The predicted molar refractivity (Wildman–Crippen MR) is 52.8 cm³/mol. The van der Waals surface area contributed by atoms with Gasteiger partial charge in [0.25, 0.3) is 0 Å². The minimum atomic E-state index is -0.115. The van der Waals surface area contributed by atoms with Crippen molar-refractivity contribution < 1.29 is 4.79 Å². The number of carbonyl (C=O) groups is 1. The van der Waals surface area contributed by atoms with Gasteiger partial charge in [0.1, 0.15) is 0 Å². The Bertz CT molecular complexity index is 431. The molecule has 0 radical (unpaired) electrons. The van der Waals surface area contributed by atoms with Crippen LogP contribution in [-0.4, -0.2) is 5.91 Å². The first-order valence-corrected chi connectivity index (χ1v) is 4.53. The quantitative estimate of drug-likeness (QED) is 0.727. The number of nitriles is 1. The highest BCUT2D eigenvalue weighted by atomic mass is 16.1. The topological polar surface area (TPSA) is 52.9 Å². The number of hydrogen-bond donors (Lipinski definition) is 1. The molecule has 2 rings (SSSR count). The molecule has 70 valence electrons. The molecule has 14 heavy (non-hydrogen) atoms. The monoisotopic (exact) mass is 186 g/mol. The first kappa shape index (κ1) is 8.76. The SMILES string of the molecule is CC(C#N)c1ccc2c(c1)CC(=O)N2. The number of anilines is 1. The Kier molecular flexibility index (Phi) is 1.97. The number of hydrogen-bond acceptors (Lipinski definition) is 2. The Balaban J connectivity index is 2.38. The number of rotatable bonds is 1. The summed E-state index contributed by atoms with van der Waals surface area (Å²) in [5.41, 5.74) is 2.85. The van der Waals surface area contributed by atoms with Crippen LogP contribution in [0.2, 0.25) is 0 Å². The molecule has 1 N–H and O–H groups in total. The largest absolute Gasteiger partial charge is 0.326 e. The Labute approximate surface area is 82.4 Å². The fourth-order valence-electron chi connectivity index (χ4n) is 1.59. The molecule has 0 spiro atoms. The normalized spacial score (nSPS) is 15.6. The van der Waals surface area contributed by atoms with E-state index in [1.807, 2.05) is 25.1 Å². The van der Waals surface area contributed by atoms with E-state index in [9.17, 15) is 4.79 Å². The first-order valence-electron chi connectivity index (χ1n) is 4.53. The third kappa shape index (κ3) is 1.35. The van der Waals surface area contributed by atoms with Gasteiger partial charge in [0.05, 0.1) is 18.4 Å². The van der Waals surface area contributed by atoms with Gasteiger partial charge in [-0.3, -0.25) is 4.79 Å². The molecule has 0 aromatic heterocycles. The van der Waals surface area contributed by atoms with Gasteiger partial charge >= 0.3 is 0 Å². The van der Waals surface area contributed by atoms with Crippen molar-refractivity contribution in [2.45, 2.75) is 19.3 Å². The van der Waals surface area contributed by atoms with Crippen LogP contribution in [0.3, 0.4) is 0 Å². The molecular weight excluding hydrogens is 176 g/mol. The van der Waals surface area contributed by atoms with Crippen LogP contribution in [0, 0.1) is 11.3 Å². The molecule has 3 nitrogen and oxygen atoms in total. The third-order valence-corrected chi connectivity index (χ3v) is 2.45. The molecule has 0 saturated heterocycles. The lowest BCUT2D eigenvalue weighted by Crippen LogP contribution is -2.03. The lowest BCUT2D eigenvalue weighted by Gasteiger charge is -2.04. The molecule has 1 unspecified atom stereocenters. The van der Waals surface area contributed by atoms with Crippen LogP contribution in [0.1, 0.15) is 24.0 Å². The molecule has 1 atom stereocenters. The number of benzene rings is 1. The van der Waals surface area contributed by atoms with Crippen molar-refractivity contribution in [1.29, 1.82) is 5.26 Å². The maximum Gasteiger partial charge on any atom is 0.228 e. The summed E-state index contributed by atoms with van der Waals surface area (Å²) >= 11 is 0. The average molecular weight is 186 g/mol. The summed E-state index contributed by atoms with van der Waals surface area (Å²) in [6.07, 6.45) is 0.432. The zero-order valence-corrected chi connectivity index (χ0v) is 7.87. The second-order valence-electron chi connectivity index (χ2n) is 3.49. The van der Waals surface area contributed by atoms with Gasteiger partial charge in [0, 0.05) is 5.69 Å². The van der Waals surface area contributed by atoms with E-state index in [0.29, 0.717) is 6.42 Å². The molecule has 1 aliphatic rings. The van der Waals surface area contributed by atoms with E-state index < -0.39 is 0 Å². The molecule has 0 aliphatic carbocycles. The minimum absolute atomic E-state index is 0.0294. The van der Waals surface area contributed by atoms with Crippen molar-refractivity contribution in [1.82, 2.24) is 0 Å². The minimum Gasteiger partial charge on any atom is -0.326 e. The highest BCUT2D eigenvalue weighted by Gasteiger charge is 2.18. The van der Waals surface area contributed by atoms with Gasteiger partial charge < -0.3 is 5.32 Å². The van der Waals surface area contributed by atoms with Crippen molar-refractivity contribution in [2.24, 2.45) is 0 Å². The molecule has 3 heteroatoms. The van der Waals surface area contributed by atoms with Crippen molar-refractivity contribution in [3.05, 3.63) is 29.3 Å². The molecule has 0 bridgehead atoms. The summed E-state index contributed by atoms with van der Waals surface area (Å²) in [5.74, 6) is -0.0854. The molecule has 1 aliphatic heterocycles. The van der Waals surface area contributed by atoms with Gasteiger partial charge in [-0.2, -0.15) is 5.26 Å². The van der Waals surface area contributed by atoms with E-state index in [0.717, 1.165) is 16.8 Å². The summed E-state index contributed by atoms with van der Waals surface area (Å²) in [5, 5.41) is 11.5. The number of nitrogens with zero attached hydrogens (tertiary/aromatic N) is 1. The van der Waals surface area contributed by atoms with Gasteiger partial charge in [-0.05, 0) is 24.1 Å². The third-order valence-electron chi connectivity index (χ3n) is 2.45.